The zero-order valence-corrected chi connectivity index (χ0v) is 13.1. The van der Waals surface area contributed by atoms with Gasteiger partial charge < -0.3 is 25.3 Å². The van der Waals surface area contributed by atoms with E-state index >= 15 is 0 Å². The molecule has 1 aromatic rings. The molecule has 0 bridgehead atoms. The molecule has 22 heavy (non-hydrogen) atoms. The SMILES string of the molecule is CCOc1ccc(CNC(=O)[C@@H]2CC[C@H](CN)O2)cc1OC. The first-order valence-corrected chi connectivity index (χ1v) is 7.60. The first-order chi connectivity index (χ1) is 10.7. The summed E-state index contributed by atoms with van der Waals surface area (Å²) in [6.07, 6.45) is 1.17. The molecule has 6 heteroatoms. The highest BCUT2D eigenvalue weighted by molar-refractivity contribution is 5.81. The van der Waals surface area contributed by atoms with Crippen LogP contribution < -0.4 is 20.5 Å². The first kappa shape index (κ1) is 16.6. The monoisotopic (exact) mass is 308 g/mol. The fraction of sp³-hybridized carbons (Fsp3) is 0.562. The van der Waals surface area contributed by atoms with Gasteiger partial charge in [-0.1, -0.05) is 6.07 Å². The number of amides is 1. The highest BCUT2D eigenvalue weighted by Gasteiger charge is 2.29. The van der Waals surface area contributed by atoms with Crippen LogP contribution in [0.4, 0.5) is 0 Å². The van der Waals surface area contributed by atoms with Crippen molar-refractivity contribution in [2.45, 2.75) is 38.5 Å². The number of benzene rings is 1. The van der Waals surface area contributed by atoms with Crippen molar-refractivity contribution in [3.05, 3.63) is 23.8 Å². The molecule has 1 saturated heterocycles. The van der Waals surface area contributed by atoms with Gasteiger partial charge in [0.1, 0.15) is 6.10 Å². The van der Waals surface area contributed by atoms with E-state index < -0.39 is 6.10 Å². The minimum Gasteiger partial charge on any atom is -0.493 e. The Hall–Kier alpha value is -1.79. The van der Waals surface area contributed by atoms with Gasteiger partial charge in [0.25, 0.3) is 0 Å². The lowest BCUT2D eigenvalue weighted by molar-refractivity contribution is -0.132. The van der Waals surface area contributed by atoms with E-state index in [4.69, 9.17) is 19.9 Å². The molecule has 1 amide bonds. The lowest BCUT2D eigenvalue weighted by Crippen LogP contribution is -2.35. The van der Waals surface area contributed by atoms with E-state index in [9.17, 15) is 4.79 Å². The van der Waals surface area contributed by atoms with Gasteiger partial charge in [-0.05, 0) is 37.5 Å². The first-order valence-electron chi connectivity index (χ1n) is 7.60. The molecule has 3 N–H and O–H groups in total. The Kier molecular flexibility index (Phi) is 6.03. The zero-order valence-electron chi connectivity index (χ0n) is 13.1. The second-order valence-electron chi connectivity index (χ2n) is 5.20. The second-order valence-corrected chi connectivity index (χ2v) is 5.20. The van der Waals surface area contributed by atoms with Gasteiger partial charge >= 0.3 is 0 Å². The zero-order chi connectivity index (χ0) is 15.9. The summed E-state index contributed by atoms with van der Waals surface area (Å²) in [6.45, 7) is 3.38. The summed E-state index contributed by atoms with van der Waals surface area (Å²) in [6, 6.07) is 5.62. The van der Waals surface area contributed by atoms with Gasteiger partial charge in [0.05, 0.1) is 19.8 Å². The highest BCUT2D eigenvalue weighted by Crippen LogP contribution is 2.28. The quantitative estimate of drug-likeness (QED) is 0.791. The number of hydrogen-bond donors (Lipinski definition) is 2. The molecule has 0 unspecified atom stereocenters. The van der Waals surface area contributed by atoms with Gasteiger partial charge in [0, 0.05) is 13.1 Å². The molecule has 0 aromatic heterocycles. The van der Waals surface area contributed by atoms with Crippen LogP contribution in [-0.2, 0) is 16.1 Å². The van der Waals surface area contributed by atoms with E-state index in [1.807, 2.05) is 25.1 Å². The van der Waals surface area contributed by atoms with Crippen molar-refractivity contribution in [3.63, 3.8) is 0 Å². The number of carbonyl (C=O) groups is 1. The highest BCUT2D eigenvalue weighted by atomic mass is 16.5. The molecule has 1 fully saturated rings. The lowest BCUT2D eigenvalue weighted by atomic mass is 10.1. The molecular weight excluding hydrogens is 284 g/mol. The molecular formula is C16H24N2O4. The Bertz CT molecular complexity index is 507. The molecule has 1 aromatic carbocycles. The van der Waals surface area contributed by atoms with Crippen LogP contribution in [0, 0.1) is 0 Å². The van der Waals surface area contributed by atoms with Crippen molar-refractivity contribution in [2.24, 2.45) is 5.73 Å². The number of hydrogen-bond acceptors (Lipinski definition) is 5. The Morgan fingerprint density at radius 2 is 2.23 bits per heavy atom. The smallest absolute Gasteiger partial charge is 0.249 e. The number of carbonyl (C=O) groups excluding carboxylic acids is 1. The van der Waals surface area contributed by atoms with E-state index in [1.54, 1.807) is 7.11 Å². The van der Waals surface area contributed by atoms with Gasteiger partial charge in [-0.2, -0.15) is 0 Å². The molecule has 2 atom stereocenters. The van der Waals surface area contributed by atoms with Crippen molar-refractivity contribution in [2.75, 3.05) is 20.3 Å². The van der Waals surface area contributed by atoms with Crippen molar-refractivity contribution in [1.29, 1.82) is 0 Å². The molecule has 1 aliphatic rings. The van der Waals surface area contributed by atoms with Crippen molar-refractivity contribution in [3.8, 4) is 11.5 Å². The minimum atomic E-state index is -0.391. The van der Waals surface area contributed by atoms with Crippen molar-refractivity contribution in [1.82, 2.24) is 5.32 Å². The van der Waals surface area contributed by atoms with Crippen LogP contribution >= 0.6 is 0 Å². The van der Waals surface area contributed by atoms with Crippen molar-refractivity contribution >= 4 is 5.91 Å². The number of ether oxygens (including phenoxy) is 3. The van der Waals surface area contributed by atoms with Crippen LogP contribution in [0.15, 0.2) is 18.2 Å². The summed E-state index contributed by atoms with van der Waals surface area (Å²) in [4.78, 5) is 12.1. The summed E-state index contributed by atoms with van der Waals surface area (Å²) in [5.74, 6) is 1.27. The van der Waals surface area contributed by atoms with Crippen LogP contribution in [0.3, 0.4) is 0 Å². The third-order valence-electron chi connectivity index (χ3n) is 3.66. The van der Waals surface area contributed by atoms with Crippen LogP contribution in [0.5, 0.6) is 11.5 Å². The molecule has 2 rings (SSSR count). The Labute approximate surface area is 130 Å². The fourth-order valence-electron chi connectivity index (χ4n) is 2.47. The van der Waals surface area contributed by atoms with Crippen molar-refractivity contribution < 1.29 is 19.0 Å². The number of methoxy groups -OCH3 is 1. The Balaban J connectivity index is 1.90. The molecule has 0 radical (unpaired) electrons. The molecule has 0 aliphatic carbocycles. The van der Waals surface area contributed by atoms with E-state index in [2.05, 4.69) is 5.32 Å². The maximum Gasteiger partial charge on any atom is 0.249 e. The molecule has 6 nitrogen and oxygen atoms in total. The number of nitrogens with two attached hydrogens (primary N) is 1. The van der Waals surface area contributed by atoms with Gasteiger partial charge in [-0.15, -0.1) is 0 Å². The van der Waals surface area contributed by atoms with E-state index in [0.717, 1.165) is 18.4 Å². The fourth-order valence-corrected chi connectivity index (χ4v) is 2.47. The van der Waals surface area contributed by atoms with Crippen LogP contribution in [0.2, 0.25) is 0 Å². The van der Waals surface area contributed by atoms with Gasteiger partial charge in [-0.25, -0.2) is 0 Å². The standard InChI is InChI=1S/C16H24N2O4/c1-3-21-13-6-4-11(8-15(13)20-2)10-18-16(19)14-7-5-12(9-17)22-14/h4,6,8,12,14H,3,5,7,9-10,17H2,1-2H3,(H,18,19)/t12-,14+/m1/s1. The number of rotatable bonds is 7. The van der Waals surface area contributed by atoms with Gasteiger partial charge in [-0.3, -0.25) is 4.79 Å². The largest absolute Gasteiger partial charge is 0.493 e. The lowest BCUT2D eigenvalue weighted by Gasteiger charge is -2.14. The van der Waals surface area contributed by atoms with E-state index in [-0.39, 0.29) is 12.0 Å². The minimum absolute atomic E-state index is 0.00122. The molecule has 1 heterocycles. The second kappa shape index (κ2) is 8.00. The van der Waals surface area contributed by atoms with Gasteiger partial charge in [0.15, 0.2) is 11.5 Å². The normalized spacial score (nSPS) is 20.7. The summed E-state index contributed by atoms with van der Waals surface area (Å²) < 4.78 is 16.3. The molecule has 122 valence electrons. The average molecular weight is 308 g/mol. The van der Waals surface area contributed by atoms with Gasteiger partial charge in [0.2, 0.25) is 5.91 Å². The Morgan fingerprint density at radius 1 is 1.41 bits per heavy atom. The third kappa shape index (κ3) is 4.11. The Morgan fingerprint density at radius 3 is 2.86 bits per heavy atom. The topological polar surface area (TPSA) is 82.8 Å². The summed E-state index contributed by atoms with van der Waals surface area (Å²) >= 11 is 0. The van der Waals surface area contributed by atoms with Crippen LogP contribution in [0.25, 0.3) is 0 Å². The molecule has 1 aliphatic heterocycles. The third-order valence-corrected chi connectivity index (χ3v) is 3.66. The van der Waals surface area contributed by atoms with E-state index in [0.29, 0.717) is 31.2 Å². The van der Waals surface area contributed by atoms with E-state index in [1.165, 1.54) is 0 Å². The number of nitrogens with one attached hydrogen (secondary N) is 1. The predicted molar refractivity (Wildman–Crippen MR) is 83.0 cm³/mol. The molecule has 0 saturated carbocycles. The predicted octanol–water partition coefficient (Wildman–Crippen LogP) is 1.22. The van der Waals surface area contributed by atoms with Crippen LogP contribution in [-0.4, -0.2) is 38.4 Å². The maximum absolute atomic E-state index is 12.1. The van der Waals surface area contributed by atoms with Crippen LogP contribution in [0.1, 0.15) is 25.3 Å². The maximum atomic E-state index is 12.1. The molecule has 0 spiro atoms. The summed E-state index contributed by atoms with van der Waals surface area (Å²) in [7, 11) is 1.60. The average Bonchev–Trinajstić information content (AvgIpc) is 3.03. The summed E-state index contributed by atoms with van der Waals surface area (Å²) in [5, 5.41) is 2.89. The summed E-state index contributed by atoms with van der Waals surface area (Å²) in [5.41, 5.74) is 6.50.